The van der Waals surface area contributed by atoms with E-state index in [2.05, 4.69) is 41.4 Å². The molecule has 4 heteroatoms. The first kappa shape index (κ1) is 14.9. The van der Waals surface area contributed by atoms with Crippen LogP contribution in [0.5, 0.6) is 0 Å². The van der Waals surface area contributed by atoms with Gasteiger partial charge in [-0.1, -0.05) is 33.6 Å². The molecule has 0 fully saturated rings. The molecular formula is C14H26N4. The van der Waals surface area contributed by atoms with Gasteiger partial charge in [-0.05, 0) is 19.4 Å². The molecule has 18 heavy (non-hydrogen) atoms. The predicted octanol–water partition coefficient (Wildman–Crippen LogP) is 2.74. The maximum atomic E-state index is 4.50. The van der Waals surface area contributed by atoms with Gasteiger partial charge in [0, 0.05) is 30.5 Å². The zero-order valence-electron chi connectivity index (χ0n) is 12.1. The lowest BCUT2D eigenvalue weighted by Crippen LogP contribution is -2.17. The molecule has 0 aliphatic heterocycles. The second-order valence-electron chi connectivity index (χ2n) is 4.65. The van der Waals surface area contributed by atoms with Crippen LogP contribution >= 0.6 is 0 Å². The molecule has 0 atom stereocenters. The van der Waals surface area contributed by atoms with Crippen molar-refractivity contribution in [1.29, 1.82) is 0 Å². The Balaban J connectivity index is 2.55. The predicted molar refractivity (Wildman–Crippen MR) is 76.7 cm³/mol. The van der Waals surface area contributed by atoms with Gasteiger partial charge in [0.25, 0.3) is 0 Å². The summed E-state index contributed by atoms with van der Waals surface area (Å²) in [5.41, 5.74) is 2.22. The normalized spacial score (nSPS) is 10.9. The third-order valence-corrected chi connectivity index (χ3v) is 3.35. The van der Waals surface area contributed by atoms with Gasteiger partial charge in [-0.3, -0.25) is 0 Å². The van der Waals surface area contributed by atoms with E-state index in [0.717, 1.165) is 31.3 Å². The summed E-state index contributed by atoms with van der Waals surface area (Å²) in [6.45, 7) is 11.4. The summed E-state index contributed by atoms with van der Waals surface area (Å²) in [7, 11) is 0. The lowest BCUT2D eigenvalue weighted by molar-refractivity contribution is 0.517. The molecule has 0 radical (unpaired) electrons. The molecule has 0 spiro atoms. The quantitative estimate of drug-likeness (QED) is 0.745. The first-order chi connectivity index (χ1) is 8.71. The lowest BCUT2D eigenvalue weighted by Gasteiger charge is -2.14. The third-order valence-electron chi connectivity index (χ3n) is 3.35. The smallest absolute Gasteiger partial charge is 0.222 e. The van der Waals surface area contributed by atoms with Crippen LogP contribution < -0.4 is 10.6 Å². The van der Waals surface area contributed by atoms with Crippen molar-refractivity contribution < 1.29 is 0 Å². The highest BCUT2D eigenvalue weighted by Crippen LogP contribution is 2.10. The zero-order valence-corrected chi connectivity index (χ0v) is 12.1. The molecule has 1 heterocycles. The van der Waals surface area contributed by atoms with Crippen LogP contribution in [0.3, 0.4) is 0 Å². The molecule has 102 valence electrons. The van der Waals surface area contributed by atoms with E-state index >= 15 is 0 Å². The van der Waals surface area contributed by atoms with Gasteiger partial charge in [0.15, 0.2) is 0 Å². The molecule has 1 aromatic rings. The number of nitrogens with zero attached hydrogens (tertiary/aromatic N) is 2. The molecule has 0 unspecified atom stereocenters. The van der Waals surface area contributed by atoms with Crippen molar-refractivity contribution in [3.8, 4) is 0 Å². The standard InChI is InChI=1S/C14H26N4/c1-5-12(6-2)8-16-14-17-10-13(9-15-7-3)11(4)18-14/h10,12,15H,5-9H2,1-4H3,(H,16,17,18). The summed E-state index contributed by atoms with van der Waals surface area (Å²) >= 11 is 0. The highest BCUT2D eigenvalue weighted by atomic mass is 15.1. The lowest BCUT2D eigenvalue weighted by atomic mass is 10.0. The monoisotopic (exact) mass is 250 g/mol. The molecule has 2 N–H and O–H groups in total. The van der Waals surface area contributed by atoms with Gasteiger partial charge < -0.3 is 10.6 Å². The highest BCUT2D eigenvalue weighted by molar-refractivity contribution is 5.29. The van der Waals surface area contributed by atoms with E-state index in [1.165, 1.54) is 18.4 Å². The number of nitrogens with one attached hydrogen (secondary N) is 2. The fourth-order valence-corrected chi connectivity index (χ4v) is 1.82. The third kappa shape index (κ3) is 4.61. The Morgan fingerprint density at radius 3 is 2.50 bits per heavy atom. The molecule has 0 aromatic carbocycles. The highest BCUT2D eigenvalue weighted by Gasteiger charge is 2.06. The Hall–Kier alpha value is -1.16. The second kappa shape index (κ2) is 8.03. The second-order valence-corrected chi connectivity index (χ2v) is 4.65. The van der Waals surface area contributed by atoms with Crippen molar-refractivity contribution in [3.05, 3.63) is 17.5 Å². The molecule has 0 saturated carbocycles. The summed E-state index contributed by atoms with van der Waals surface area (Å²) in [5.74, 6) is 1.45. The Labute approximate surface area is 111 Å². The van der Waals surface area contributed by atoms with Crippen LogP contribution in [0.4, 0.5) is 5.95 Å². The fraction of sp³-hybridized carbons (Fsp3) is 0.714. The summed E-state index contributed by atoms with van der Waals surface area (Å²) < 4.78 is 0. The summed E-state index contributed by atoms with van der Waals surface area (Å²) in [5, 5.41) is 6.62. The van der Waals surface area contributed by atoms with Gasteiger partial charge in [-0.25, -0.2) is 9.97 Å². The van der Waals surface area contributed by atoms with Gasteiger partial charge in [0.1, 0.15) is 0 Å². The van der Waals surface area contributed by atoms with Crippen LogP contribution in [0, 0.1) is 12.8 Å². The van der Waals surface area contributed by atoms with Crippen molar-refractivity contribution in [3.63, 3.8) is 0 Å². The average Bonchev–Trinajstić information content (AvgIpc) is 2.39. The van der Waals surface area contributed by atoms with Gasteiger partial charge in [-0.15, -0.1) is 0 Å². The van der Waals surface area contributed by atoms with Crippen molar-refractivity contribution in [2.75, 3.05) is 18.4 Å². The van der Waals surface area contributed by atoms with Gasteiger partial charge in [0.05, 0.1) is 0 Å². The number of anilines is 1. The Bertz CT molecular complexity index is 348. The maximum Gasteiger partial charge on any atom is 0.222 e. The number of aromatic nitrogens is 2. The summed E-state index contributed by atoms with van der Waals surface area (Å²) in [6.07, 6.45) is 4.31. The minimum Gasteiger partial charge on any atom is -0.354 e. The van der Waals surface area contributed by atoms with Crippen molar-refractivity contribution in [2.24, 2.45) is 5.92 Å². The maximum absolute atomic E-state index is 4.50. The Morgan fingerprint density at radius 1 is 1.22 bits per heavy atom. The Morgan fingerprint density at radius 2 is 1.94 bits per heavy atom. The van der Waals surface area contributed by atoms with Crippen molar-refractivity contribution in [2.45, 2.75) is 47.1 Å². The fourth-order valence-electron chi connectivity index (χ4n) is 1.82. The van der Waals surface area contributed by atoms with Gasteiger partial charge >= 0.3 is 0 Å². The minimum atomic E-state index is 0.704. The molecule has 1 aromatic heterocycles. The number of hydrogen-bond donors (Lipinski definition) is 2. The average molecular weight is 250 g/mol. The minimum absolute atomic E-state index is 0.704. The van der Waals surface area contributed by atoms with E-state index < -0.39 is 0 Å². The van der Waals surface area contributed by atoms with E-state index in [1.54, 1.807) is 0 Å². The molecule has 4 nitrogen and oxygen atoms in total. The molecule has 0 aliphatic carbocycles. The zero-order chi connectivity index (χ0) is 13.4. The first-order valence-electron chi connectivity index (χ1n) is 6.98. The van der Waals surface area contributed by atoms with E-state index in [0.29, 0.717) is 5.92 Å². The van der Waals surface area contributed by atoms with Gasteiger partial charge in [-0.2, -0.15) is 0 Å². The topological polar surface area (TPSA) is 49.8 Å². The van der Waals surface area contributed by atoms with Crippen LogP contribution in [-0.2, 0) is 6.54 Å². The van der Waals surface area contributed by atoms with Crippen LogP contribution in [0.15, 0.2) is 6.20 Å². The molecular weight excluding hydrogens is 224 g/mol. The molecule has 0 aliphatic rings. The first-order valence-corrected chi connectivity index (χ1v) is 6.98. The number of hydrogen-bond acceptors (Lipinski definition) is 4. The van der Waals surface area contributed by atoms with E-state index in [9.17, 15) is 0 Å². The van der Waals surface area contributed by atoms with Crippen LogP contribution in [0.1, 0.15) is 44.9 Å². The summed E-state index contributed by atoms with van der Waals surface area (Å²) in [6, 6.07) is 0. The molecule has 0 saturated heterocycles. The van der Waals surface area contributed by atoms with Crippen LogP contribution in [0.2, 0.25) is 0 Å². The molecule has 0 bridgehead atoms. The SMILES string of the molecule is CCNCc1cnc(NCC(CC)CC)nc1C. The van der Waals surface area contributed by atoms with E-state index in [4.69, 9.17) is 0 Å². The van der Waals surface area contributed by atoms with Crippen LogP contribution in [-0.4, -0.2) is 23.1 Å². The van der Waals surface area contributed by atoms with E-state index in [-0.39, 0.29) is 0 Å². The molecule has 1 rings (SSSR count). The Kier molecular flexibility index (Phi) is 6.65. The summed E-state index contributed by atoms with van der Waals surface area (Å²) in [4.78, 5) is 8.88. The number of rotatable bonds is 8. The van der Waals surface area contributed by atoms with Crippen molar-refractivity contribution in [1.82, 2.24) is 15.3 Å². The largest absolute Gasteiger partial charge is 0.354 e. The van der Waals surface area contributed by atoms with E-state index in [1.807, 2.05) is 13.1 Å². The van der Waals surface area contributed by atoms with Crippen molar-refractivity contribution >= 4 is 5.95 Å². The van der Waals surface area contributed by atoms with Gasteiger partial charge in [0.2, 0.25) is 5.95 Å². The number of aryl methyl sites for hydroxylation is 1. The molecule has 0 amide bonds. The van der Waals surface area contributed by atoms with Crippen LogP contribution in [0.25, 0.3) is 0 Å².